The molecule has 0 aliphatic rings. The lowest BCUT2D eigenvalue weighted by Gasteiger charge is -2.13. The van der Waals surface area contributed by atoms with E-state index in [0.717, 1.165) is 25.0 Å². The van der Waals surface area contributed by atoms with Crippen molar-refractivity contribution in [3.8, 4) is 5.75 Å². The van der Waals surface area contributed by atoms with E-state index in [1.54, 1.807) is 0 Å². The van der Waals surface area contributed by atoms with Gasteiger partial charge in [-0.1, -0.05) is 32.5 Å². The topological polar surface area (TPSA) is 35.2 Å². The molecular weight excluding hydrogens is 256 g/mol. The molecule has 0 aromatic heterocycles. The van der Waals surface area contributed by atoms with E-state index in [9.17, 15) is 8.78 Å². The largest absolute Gasteiger partial charge is 0.487 e. The highest BCUT2D eigenvalue weighted by atomic mass is 32.1. The Labute approximate surface area is 111 Å². The summed E-state index contributed by atoms with van der Waals surface area (Å²) in [7, 11) is 0. The third kappa shape index (κ3) is 3.91. The van der Waals surface area contributed by atoms with Crippen LogP contribution in [-0.4, -0.2) is 11.6 Å². The molecule has 2 nitrogen and oxygen atoms in total. The predicted molar refractivity (Wildman–Crippen MR) is 71.8 cm³/mol. The van der Waals surface area contributed by atoms with Crippen molar-refractivity contribution in [2.24, 2.45) is 11.7 Å². The Bertz CT molecular complexity index is 414. The van der Waals surface area contributed by atoms with Crippen LogP contribution in [0, 0.1) is 17.6 Å². The number of benzene rings is 1. The molecule has 18 heavy (non-hydrogen) atoms. The highest BCUT2D eigenvalue weighted by molar-refractivity contribution is 7.80. The first-order valence-corrected chi connectivity index (χ1v) is 6.28. The maximum Gasteiger partial charge on any atom is 0.190 e. The fraction of sp³-hybridized carbons (Fsp3) is 0.462. The summed E-state index contributed by atoms with van der Waals surface area (Å²) in [5.41, 5.74) is 5.48. The number of ether oxygens (including phenoxy) is 1. The molecule has 1 aromatic rings. The Balaban J connectivity index is 2.81. The van der Waals surface area contributed by atoms with Gasteiger partial charge in [-0.05, 0) is 24.5 Å². The van der Waals surface area contributed by atoms with Gasteiger partial charge in [-0.2, -0.15) is 0 Å². The van der Waals surface area contributed by atoms with E-state index in [2.05, 4.69) is 19.1 Å². The molecule has 1 atom stereocenters. The molecule has 0 spiro atoms. The summed E-state index contributed by atoms with van der Waals surface area (Å²) in [6.45, 7) is 4.31. The first kappa shape index (κ1) is 14.8. The smallest absolute Gasteiger partial charge is 0.190 e. The zero-order valence-electron chi connectivity index (χ0n) is 10.5. The Morgan fingerprint density at radius 3 is 2.39 bits per heavy atom. The Morgan fingerprint density at radius 2 is 1.94 bits per heavy atom. The number of halogens is 2. The highest BCUT2D eigenvalue weighted by Crippen LogP contribution is 2.24. The van der Waals surface area contributed by atoms with Crippen LogP contribution in [0.25, 0.3) is 0 Å². The molecule has 0 fully saturated rings. The second kappa shape index (κ2) is 6.64. The molecule has 1 aromatic carbocycles. The average Bonchev–Trinajstić information content (AvgIpc) is 2.27. The van der Waals surface area contributed by atoms with Crippen LogP contribution in [-0.2, 0) is 0 Å². The van der Waals surface area contributed by atoms with Crippen LogP contribution in [0.4, 0.5) is 8.78 Å². The summed E-state index contributed by atoms with van der Waals surface area (Å²) in [5.74, 6) is -1.66. The average molecular weight is 273 g/mol. The zero-order chi connectivity index (χ0) is 13.7. The number of nitrogens with two attached hydrogens (primary N) is 1. The van der Waals surface area contributed by atoms with Crippen LogP contribution < -0.4 is 10.5 Å². The third-order valence-electron chi connectivity index (χ3n) is 2.58. The van der Waals surface area contributed by atoms with Crippen LogP contribution in [0.1, 0.15) is 32.3 Å². The lowest BCUT2D eigenvalue weighted by molar-refractivity contribution is 0.231. The summed E-state index contributed by atoms with van der Waals surface area (Å²) in [6.07, 6.45) is 1.96. The highest BCUT2D eigenvalue weighted by Gasteiger charge is 2.14. The lowest BCUT2D eigenvalue weighted by atomic mass is 10.1. The van der Waals surface area contributed by atoms with Gasteiger partial charge in [-0.3, -0.25) is 0 Å². The summed E-state index contributed by atoms with van der Waals surface area (Å²) >= 11 is 4.67. The first-order valence-electron chi connectivity index (χ1n) is 5.87. The monoisotopic (exact) mass is 273 g/mol. The normalized spacial score (nSPS) is 12.2. The molecule has 0 bridgehead atoms. The summed E-state index contributed by atoms with van der Waals surface area (Å²) in [4.78, 5) is -0.0429. The molecule has 1 unspecified atom stereocenters. The van der Waals surface area contributed by atoms with Gasteiger partial charge >= 0.3 is 0 Å². The van der Waals surface area contributed by atoms with Crippen molar-refractivity contribution in [3.05, 3.63) is 29.3 Å². The van der Waals surface area contributed by atoms with Crippen LogP contribution in [0.3, 0.4) is 0 Å². The van der Waals surface area contributed by atoms with Crippen LogP contribution >= 0.6 is 12.2 Å². The Morgan fingerprint density at radius 1 is 1.39 bits per heavy atom. The van der Waals surface area contributed by atoms with Crippen LogP contribution in [0.5, 0.6) is 5.75 Å². The van der Waals surface area contributed by atoms with Crippen molar-refractivity contribution >= 4 is 17.2 Å². The maximum atomic E-state index is 13.6. The number of hydrogen-bond donors (Lipinski definition) is 1. The van der Waals surface area contributed by atoms with Gasteiger partial charge in [-0.25, -0.2) is 8.78 Å². The summed E-state index contributed by atoms with van der Waals surface area (Å²) in [6, 6.07) is 2.18. The van der Waals surface area contributed by atoms with Crippen molar-refractivity contribution in [3.63, 3.8) is 0 Å². The Hall–Kier alpha value is -1.23. The first-order chi connectivity index (χ1) is 8.45. The molecule has 0 saturated heterocycles. The van der Waals surface area contributed by atoms with Gasteiger partial charge in [0.1, 0.15) is 4.99 Å². The second-order valence-corrected chi connectivity index (χ2v) is 4.78. The molecule has 0 aliphatic carbocycles. The van der Waals surface area contributed by atoms with Gasteiger partial charge in [-0.15, -0.1) is 0 Å². The van der Waals surface area contributed by atoms with Crippen molar-refractivity contribution in [1.29, 1.82) is 0 Å². The molecule has 1 rings (SSSR count). The second-order valence-electron chi connectivity index (χ2n) is 4.34. The molecule has 2 N–H and O–H groups in total. The van der Waals surface area contributed by atoms with Crippen molar-refractivity contribution < 1.29 is 13.5 Å². The molecule has 0 radical (unpaired) electrons. The minimum Gasteiger partial charge on any atom is -0.487 e. The molecule has 0 saturated carbocycles. The van der Waals surface area contributed by atoms with Gasteiger partial charge in [0.2, 0.25) is 0 Å². The molecule has 5 heteroatoms. The Kier molecular flexibility index (Phi) is 5.47. The maximum absolute atomic E-state index is 13.6. The SMILES string of the molecule is CCCC(C)COc1c(F)cc(C(N)=S)cc1F. The molecule has 0 amide bonds. The van der Waals surface area contributed by atoms with Crippen LogP contribution in [0.2, 0.25) is 0 Å². The number of rotatable bonds is 6. The van der Waals surface area contributed by atoms with Gasteiger partial charge in [0, 0.05) is 5.56 Å². The van der Waals surface area contributed by atoms with E-state index < -0.39 is 11.6 Å². The van der Waals surface area contributed by atoms with Gasteiger partial charge < -0.3 is 10.5 Å². The van der Waals surface area contributed by atoms with E-state index in [1.807, 2.05) is 6.92 Å². The summed E-state index contributed by atoms with van der Waals surface area (Å²) in [5, 5.41) is 0. The van der Waals surface area contributed by atoms with Crippen molar-refractivity contribution in [1.82, 2.24) is 0 Å². The van der Waals surface area contributed by atoms with E-state index in [1.165, 1.54) is 0 Å². The summed E-state index contributed by atoms with van der Waals surface area (Å²) < 4.78 is 32.4. The predicted octanol–water partition coefficient (Wildman–Crippen LogP) is 3.41. The fourth-order valence-corrected chi connectivity index (χ4v) is 1.76. The van der Waals surface area contributed by atoms with Gasteiger partial charge in [0.25, 0.3) is 0 Å². The van der Waals surface area contributed by atoms with Gasteiger partial charge in [0.15, 0.2) is 17.4 Å². The van der Waals surface area contributed by atoms with Gasteiger partial charge in [0.05, 0.1) is 6.61 Å². The standard InChI is InChI=1S/C13H17F2NOS/c1-3-4-8(2)7-17-12-10(14)5-9(13(16)18)6-11(12)15/h5-6,8H,3-4,7H2,1-2H3,(H2,16,18). The van der Waals surface area contributed by atoms with E-state index >= 15 is 0 Å². The number of thiocarbonyl (C=S) groups is 1. The van der Waals surface area contributed by atoms with E-state index in [4.69, 9.17) is 10.5 Å². The number of hydrogen-bond acceptors (Lipinski definition) is 2. The molecular formula is C13H17F2NOS. The third-order valence-corrected chi connectivity index (χ3v) is 2.81. The quantitative estimate of drug-likeness (QED) is 0.807. The minimum atomic E-state index is -0.776. The van der Waals surface area contributed by atoms with E-state index in [-0.39, 0.29) is 28.8 Å². The fourth-order valence-electron chi connectivity index (χ4n) is 1.64. The van der Waals surface area contributed by atoms with Crippen molar-refractivity contribution in [2.75, 3.05) is 6.61 Å². The molecule has 100 valence electrons. The zero-order valence-corrected chi connectivity index (χ0v) is 11.3. The van der Waals surface area contributed by atoms with E-state index in [0.29, 0.717) is 0 Å². The van der Waals surface area contributed by atoms with Crippen LogP contribution in [0.15, 0.2) is 12.1 Å². The van der Waals surface area contributed by atoms with Crippen molar-refractivity contribution in [2.45, 2.75) is 26.7 Å². The molecule has 0 aliphatic heterocycles. The lowest BCUT2D eigenvalue weighted by Crippen LogP contribution is -2.13. The molecule has 0 heterocycles. The minimum absolute atomic E-state index is 0.0429.